The third kappa shape index (κ3) is 1.08. The quantitative estimate of drug-likeness (QED) is 0.728. The predicted octanol–water partition coefficient (Wildman–Crippen LogP) is 1.90. The summed E-state index contributed by atoms with van der Waals surface area (Å²) in [6, 6.07) is 0. The third-order valence-electron chi connectivity index (χ3n) is 1.78. The van der Waals surface area contributed by atoms with Crippen molar-refractivity contribution in [1.29, 1.82) is 0 Å². The Morgan fingerprint density at radius 2 is 2.17 bits per heavy atom. The van der Waals surface area contributed by atoms with Gasteiger partial charge in [-0.2, -0.15) is 10.2 Å². The lowest BCUT2D eigenvalue weighted by Crippen LogP contribution is -2.24. The lowest BCUT2D eigenvalue weighted by atomic mass is 9.97. The van der Waals surface area contributed by atoms with Gasteiger partial charge in [0.2, 0.25) is 0 Å². The zero-order valence-corrected chi connectivity index (χ0v) is 9.13. The summed E-state index contributed by atoms with van der Waals surface area (Å²) >= 11 is 6.76. The van der Waals surface area contributed by atoms with Crippen LogP contribution in [0.2, 0.25) is 0 Å². The average molecular weight is 291 g/mol. The Labute approximate surface area is 86.4 Å². The molecule has 1 heterocycles. The van der Waals surface area contributed by atoms with Gasteiger partial charge in [-0.1, -0.05) is 0 Å². The van der Waals surface area contributed by atoms with Crippen molar-refractivity contribution in [2.75, 3.05) is 0 Å². The van der Waals surface area contributed by atoms with E-state index < -0.39 is 0 Å². The monoisotopic (exact) mass is 289 g/mol. The number of fused-ring (bicyclic) bond motifs is 1. The Kier molecular flexibility index (Phi) is 1.92. The van der Waals surface area contributed by atoms with Crippen LogP contribution in [0.25, 0.3) is 0 Å². The molecule has 2 aliphatic rings. The molecule has 0 spiro atoms. The predicted molar refractivity (Wildman–Crippen MR) is 56.6 cm³/mol. The van der Waals surface area contributed by atoms with E-state index in [1.165, 1.54) is 0 Å². The standard InChI is InChI=1S/C7H5Br2N3/c8-4-1-5(9)7-3(6(4)10)2-11-12-7/h1-3H,10H2/t3-/m0/s1. The molecule has 5 heteroatoms. The van der Waals surface area contributed by atoms with Gasteiger partial charge in [-0.25, -0.2) is 0 Å². The summed E-state index contributed by atoms with van der Waals surface area (Å²) in [6.07, 6.45) is 3.62. The fraction of sp³-hybridized carbons (Fsp3) is 0.143. The number of nitrogens with zero attached hydrogens (tertiary/aromatic N) is 2. The van der Waals surface area contributed by atoms with Crippen LogP contribution in [0.15, 0.2) is 30.9 Å². The first-order valence-corrected chi connectivity index (χ1v) is 4.92. The highest BCUT2D eigenvalue weighted by Crippen LogP contribution is 2.31. The Bertz CT molecular complexity index is 352. The van der Waals surface area contributed by atoms with E-state index >= 15 is 0 Å². The van der Waals surface area contributed by atoms with Gasteiger partial charge in [0.25, 0.3) is 0 Å². The first kappa shape index (κ1) is 8.19. The van der Waals surface area contributed by atoms with Gasteiger partial charge in [0.05, 0.1) is 11.6 Å². The van der Waals surface area contributed by atoms with Crippen molar-refractivity contribution in [1.82, 2.24) is 0 Å². The topological polar surface area (TPSA) is 50.7 Å². The summed E-state index contributed by atoms with van der Waals surface area (Å²) in [5, 5.41) is 7.78. The number of nitrogens with two attached hydrogens (primary N) is 1. The van der Waals surface area contributed by atoms with Gasteiger partial charge in [0.15, 0.2) is 0 Å². The summed E-state index contributed by atoms with van der Waals surface area (Å²) in [6.45, 7) is 0. The van der Waals surface area contributed by atoms with Gasteiger partial charge < -0.3 is 5.73 Å². The molecule has 0 aromatic rings. The van der Waals surface area contributed by atoms with Crippen molar-refractivity contribution in [2.45, 2.75) is 0 Å². The number of rotatable bonds is 0. The molecule has 1 aliphatic carbocycles. The van der Waals surface area contributed by atoms with Crippen molar-refractivity contribution < 1.29 is 0 Å². The van der Waals surface area contributed by atoms with Gasteiger partial charge >= 0.3 is 0 Å². The van der Waals surface area contributed by atoms with Gasteiger partial charge in [0, 0.05) is 20.9 Å². The molecule has 0 saturated carbocycles. The Hall–Kier alpha value is -0.420. The summed E-state index contributed by atoms with van der Waals surface area (Å²) in [5.41, 5.74) is 7.47. The summed E-state index contributed by atoms with van der Waals surface area (Å²) in [7, 11) is 0. The molecule has 0 aromatic carbocycles. The maximum atomic E-state index is 5.82. The van der Waals surface area contributed by atoms with Crippen LogP contribution >= 0.6 is 31.9 Å². The van der Waals surface area contributed by atoms with E-state index in [0.29, 0.717) is 0 Å². The summed E-state index contributed by atoms with van der Waals surface area (Å²) in [4.78, 5) is 0. The van der Waals surface area contributed by atoms with Crippen molar-refractivity contribution in [2.24, 2.45) is 21.9 Å². The van der Waals surface area contributed by atoms with E-state index in [9.17, 15) is 0 Å². The Morgan fingerprint density at radius 3 is 2.92 bits per heavy atom. The van der Waals surface area contributed by atoms with Crippen molar-refractivity contribution >= 4 is 43.8 Å². The zero-order valence-electron chi connectivity index (χ0n) is 5.96. The maximum Gasteiger partial charge on any atom is 0.0916 e. The number of hydrogen-bond acceptors (Lipinski definition) is 3. The molecule has 0 bridgehead atoms. The van der Waals surface area contributed by atoms with Crippen LogP contribution in [0.5, 0.6) is 0 Å². The number of halogens is 2. The van der Waals surface area contributed by atoms with Crippen molar-refractivity contribution in [3.63, 3.8) is 0 Å². The molecule has 1 aliphatic heterocycles. The zero-order chi connectivity index (χ0) is 8.72. The first-order valence-electron chi connectivity index (χ1n) is 3.34. The maximum absolute atomic E-state index is 5.82. The average Bonchev–Trinajstić information content (AvgIpc) is 2.48. The minimum Gasteiger partial charge on any atom is -0.400 e. The van der Waals surface area contributed by atoms with Crippen molar-refractivity contribution in [3.05, 3.63) is 20.7 Å². The van der Waals surface area contributed by atoms with Crippen LogP contribution in [0.4, 0.5) is 0 Å². The summed E-state index contributed by atoms with van der Waals surface area (Å²) in [5.74, 6) is 0.0405. The van der Waals surface area contributed by atoms with Crippen LogP contribution in [-0.4, -0.2) is 11.9 Å². The lowest BCUT2D eigenvalue weighted by Gasteiger charge is -2.16. The molecule has 2 N–H and O–H groups in total. The molecular formula is C7H5Br2N3. The van der Waals surface area contributed by atoms with E-state index in [4.69, 9.17) is 5.73 Å². The van der Waals surface area contributed by atoms with E-state index in [1.54, 1.807) is 6.21 Å². The van der Waals surface area contributed by atoms with Crippen LogP contribution in [-0.2, 0) is 0 Å². The molecule has 2 rings (SSSR count). The molecule has 12 heavy (non-hydrogen) atoms. The van der Waals surface area contributed by atoms with E-state index in [1.807, 2.05) is 6.08 Å². The molecule has 0 aromatic heterocycles. The molecule has 62 valence electrons. The van der Waals surface area contributed by atoms with Gasteiger partial charge in [-0.05, 0) is 37.9 Å². The van der Waals surface area contributed by atoms with E-state index in [-0.39, 0.29) is 5.92 Å². The normalized spacial score (nSPS) is 27.0. The molecule has 1 atom stereocenters. The van der Waals surface area contributed by atoms with Crippen LogP contribution < -0.4 is 5.73 Å². The highest BCUT2D eigenvalue weighted by molar-refractivity contribution is 9.12. The first-order chi connectivity index (χ1) is 5.70. The number of hydrogen-bond donors (Lipinski definition) is 1. The molecule has 0 amide bonds. The molecule has 0 unspecified atom stereocenters. The second-order valence-electron chi connectivity index (χ2n) is 2.52. The molecular weight excluding hydrogens is 286 g/mol. The van der Waals surface area contributed by atoms with Crippen LogP contribution in [0.1, 0.15) is 0 Å². The Morgan fingerprint density at radius 1 is 1.42 bits per heavy atom. The minimum absolute atomic E-state index is 0.0405. The minimum atomic E-state index is 0.0405. The third-order valence-corrected chi connectivity index (χ3v) is 3.11. The van der Waals surface area contributed by atoms with Gasteiger partial charge in [-0.15, -0.1) is 0 Å². The highest BCUT2D eigenvalue weighted by Gasteiger charge is 2.28. The Balaban J connectivity index is 2.53. The van der Waals surface area contributed by atoms with Crippen LogP contribution in [0, 0.1) is 5.92 Å². The largest absolute Gasteiger partial charge is 0.400 e. The fourth-order valence-electron chi connectivity index (χ4n) is 1.14. The lowest BCUT2D eigenvalue weighted by molar-refractivity contribution is 1.08. The molecule has 0 fully saturated rings. The second kappa shape index (κ2) is 2.81. The molecule has 0 radical (unpaired) electrons. The van der Waals surface area contributed by atoms with Crippen molar-refractivity contribution in [3.8, 4) is 0 Å². The highest BCUT2D eigenvalue weighted by atomic mass is 79.9. The van der Waals surface area contributed by atoms with Gasteiger partial charge in [-0.3, -0.25) is 0 Å². The SMILES string of the molecule is NC1=C(Br)C=C(Br)C2=NN=C[C@H]21. The molecule has 3 nitrogen and oxygen atoms in total. The fourth-order valence-corrected chi connectivity index (χ4v) is 2.47. The second-order valence-corrected chi connectivity index (χ2v) is 4.23. The van der Waals surface area contributed by atoms with Gasteiger partial charge in [0.1, 0.15) is 0 Å². The number of allylic oxidation sites excluding steroid dienone is 4. The smallest absolute Gasteiger partial charge is 0.0916 e. The molecule has 0 saturated heterocycles. The van der Waals surface area contributed by atoms with E-state index in [2.05, 4.69) is 42.1 Å². The van der Waals surface area contributed by atoms with Crippen LogP contribution in [0.3, 0.4) is 0 Å². The van der Waals surface area contributed by atoms with E-state index in [0.717, 1.165) is 20.4 Å². The summed E-state index contributed by atoms with van der Waals surface area (Å²) < 4.78 is 1.83.